The summed E-state index contributed by atoms with van der Waals surface area (Å²) in [6.07, 6.45) is -3.83. The highest BCUT2D eigenvalue weighted by Crippen LogP contribution is 2.34. The molecule has 1 atom stereocenters. The number of fused-ring (bicyclic) bond motifs is 1. The van der Waals surface area contributed by atoms with E-state index in [1.54, 1.807) is 39.0 Å². The number of nitrogens with zero attached hydrogens (tertiary/aromatic N) is 2. The molecule has 0 unspecified atom stereocenters. The second-order valence-electron chi connectivity index (χ2n) is 9.57. The Morgan fingerprint density at radius 1 is 1.00 bits per heavy atom. The Labute approximate surface area is 218 Å². The summed E-state index contributed by atoms with van der Waals surface area (Å²) in [5, 5.41) is 14.9. The summed E-state index contributed by atoms with van der Waals surface area (Å²) in [4.78, 5) is 31.9. The molecule has 4 aromatic rings. The molecule has 0 aliphatic heterocycles. The van der Waals surface area contributed by atoms with Gasteiger partial charge in [0.25, 0.3) is 5.91 Å². The van der Waals surface area contributed by atoms with Crippen molar-refractivity contribution < 1.29 is 32.3 Å². The lowest BCUT2D eigenvalue weighted by Crippen LogP contribution is -2.49. The van der Waals surface area contributed by atoms with E-state index in [0.717, 1.165) is 17.4 Å². The third-order valence-electron chi connectivity index (χ3n) is 5.65. The van der Waals surface area contributed by atoms with E-state index in [2.05, 4.69) is 20.6 Å². The number of hydrogen-bond donors (Lipinski definition) is 3. The van der Waals surface area contributed by atoms with Gasteiger partial charge in [-0.05, 0) is 46.9 Å². The molecule has 38 heavy (non-hydrogen) atoms. The second-order valence-corrected chi connectivity index (χ2v) is 10.6. The molecule has 1 amide bonds. The number of carbonyl (C=O) groups excluding carboxylic acids is 1. The minimum Gasteiger partial charge on any atom is -0.480 e. The van der Waals surface area contributed by atoms with Crippen LogP contribution < -0.4 is 10.6 Å². The first-order valence-corrected chi connectivity index (χ1v) is 12.1. The van der Waals surface area contributed by atoms with E-state index < -0.39 is 40.9 Å². The Morgan fingerprint density at radius 2 is 1.66 bits per heavy atom. The zero-order chi connectivity index (χ0) is 27.8. The summed E-state index contributed by atoms with van der Waals surface area (Å²) in [7, 11) is 0. The van der Waals surface area contributed by atoms with Crippen LogP contribution in [0.4, 0.5) is 28.4 Å². The lowest BCUT2D eigenvalue weighted by atomic mass is 9.86. The van der Waals surface area contributed by atoms with Gasteiger partial charge in [0, 0.05) is 11.8 Å². The average Bonchev–Trinajstić information content (AvgIpc) is 3.24. The molecule has 0 aliphatic rings. The number of anilines is 2. The molecule has 3 N–H and O–H groups in total. The lowest BCUT2D eigenvalue weighted by molar-refractivity contribution is -0.142. The number of aromatic nitrogens is 2. The van der Waals surface area contributed by atoms with E-state index in [4.69, 9.17) is 0 Å². The van der Waals surface area contributed by atoms with Gasteiger partial charge in [0.15, 0.2) is 10.8 Å². The molecule has 0 spiro atoms. The van der Waals surface area contributed by atoms with Gasteiger partial charge in [-0.3, -0.25) is 4.79 Å². The molecule has 2 aromatic heterocycles. The summed E-state index contributed by atoms with van der Waals surface area (Å²) in [6.45, 7) is 5.12. The number of aliphatic carboxylic acids is 1. The number of benzene rings is 2. The second kappa shape index (κ2) is 10.0. The number of alkyl halides is 3. The van der Waals surface area contributed by atoms with Crippen LogP contribution in [0.15, 0.2) is 54.7 Å². The number of carboxylic acids is 1. The Morgan fingerprint density at radius 3 is 2.24 bits per heavy atom. The number of pyridine rings is 1. The number of carbonyl (C=O) groups is 2. The van der Waals surface area contributed by atoms with Crippen molar-refractivity contribution in [3.63, 3.8) is 0 Å². The highest BCUT2D eigenvalue weighted by molar-refractivity contribution is 7.22. The van der Waals surface area contributed by atoms with Crippen LogP contribution in [0, 0.1) is 11.2 Å². The molecular formula is C26H22F4N4O3S. The standard InChI is InChI=1S/C26H22F4N4O3S/c1-25(2,3)20(23(36)37)33-22(35)14-6-4-13(5-7-14)15-8-9-18(17(27)10-15)32-24-34-21-19(38-24)11-16(12-31-21)26(28,29)30/h4-12,20H,1-3H3,(H,33,35)(H,36,37)(H,31,32,34)/t20-/m1/s1. The first-order valence-electron chi connectivity index (χ1n) is 11.3. The highest BCUT2D eigenvalue weighted by Gasteiger charge is 2.33. The Bertz CT molecular complexity index is 1510. The Balaban J connectivity index is 1.49. The van der Waals surface area contributed by atoms with E-state index in [1.807, 2.05) is 0 Å². The molecule has 198 valence electrons. The van der Waals surface area contributed by atoms with Crippen LogP contribution in [0.2, 0.25) is 0 Å². The molecule has 4 rings (SSSR count). The van der Waals surface area contributed by atoms with Crippen LogP contribution >= 0.6 is 11.3 Å². The molecular weight excluding hydrogens is 524 g/mol. The van der Waals surface area contributed by atoms with Crippen molar-refractivity contribution in [2.75, 3.05) is 5.32 Å². The maximum Gasteiger partial charge on any atom is 0.417 e. The predicted octanol–water partition coefficient (Wildman–Crippen LogP) is 6.49. The molecule has 0 saturated carbocycles. The van der Waals surface area contributed by atoms with Gasteiger partial charge in [-0.25, -0.2) is 14.2 Å². The van der Waals surface area contributed by atoms with Crippen molar-refractivity contribution in [1.29, 1.82) is 0 Å². The largest absolute Gasteiger partial charge is 0.480 e. The molecule has 0 saturated heterocycles. The molecule has 7 nitrogen and oxygen atoms in total. The smallest absolute Gasteiger partial charge is 0.417 e. The molecule has 0 bridgehead atoms. The Hall–Kier alpha value is -4.06. The zero-order valence-corrected chi connectivity index (χ0v) is 21.2. The average molecular weight is 547 g/mol. The van der Waals surface area contributed by atoms with Gasteiger partial charge in [-0.15, -0.1) is 0 Å². The van der Waals surface area contributed by atoms with Crippen LogP contribution in [-0.2, 0) is 11.0 Å². The summed E-state index contributed by atoms with van der Waals surface area (Å²) in [5.41, 5.74) is -0.0231. The summed E-state index contributed by atoms with van der Waals surface area (Å²) < 4.78 is 53.8. The van der Waals surface area contributed by atoms with E-state index in [-0.39, 0.29) is 26.7 Å². The first-order chi connectivity index (χ1) is 17.7. The van der Waals surface area contributed by atoms with Crippen molar-refractivity contribution in [2.24, 2.45) is 5.41 Å². The number of rotatable bonds is 6. The fourth-order valence-corrected chi connectivity index (χ4v) is 4.49. The predicted molar refractivity (Wildman–Crippen MR) is 136 cm³/mol. The quantitative estimate of drug-likeness (QED) is 0.239. The van der Waals surface area contributed by atoms with Gasteiger partial charge < -0.3 is 15.7 Å². The number of thiazole rings is 1. The molecule has 2 heterocycles. The number of nitrogens with one attached hydrogen (secondary N) is 2. The minimum absolute atomic E-state index is 0.0711. The molecule has 0 fully saturated rings. The SMILES string of the molecule is CC(C)(C)[C@H](NC(=O)c1ccc(-c2ccc(Nc3nc4ncc(C(F)(F)F)cc4s3)c(F)c2)cc1)C(=O)O. The van der Waals surface area contributed by atoms with Crippen molar-refractivity contribution in [3.8, 4) is 11.1 Å². The van der Waals surface area contributed by atoms with E-state index in [9.17, 15) is 32.3 Å². The Kier molecular flexibility index (Phi) is 7.11. The van der Waals surface area contributed by atoms with Crippen molar-refractivity contribution in [3.05, 3.63) is 71.7 Å². The number of halogens is 4. The maximum absolute atomic E-state index is 14.9. The van der Waals surface area contributed by atoms with Crippen molar-refractivity contribution in [2.45, 2.75) is 33.0 Å². The topological polar surface area (TPSA) is 104 Å². The normalized spacial score (nSPS) is 12.8. The number of amides is 1. The van der Waals surface area contributed by atoms with Crippen LogP contribution in [-0.4, -0.2) is 33.0 Å². The number of hydrogen-bond acceptors (Lipinski definition) is 6. The summed E-state index contributed by atoms with van der Waals surface area (Å²) >= 11 is 0.917. The van der Waals surface area contributed by atoms with Gasteiger partial charge in [-0.1, -0.05) is 50.3 Å². The lowest BCUT2D eigenvalue weighted by Gasteiger charge is -2.27. The van der Waals surface area contributed by atoms with E-state index in [0.29, 0.717) is 17.3 Å². The molecule has 12 heteroatoms. The van der Waals surface area contributed by atoms with Crippen molar-refractivity contribution >= 4 is 44.4 Å². The van der Waals surface area contributed by atoms with E-state index in [1.165, 1.54) is 24.3 Å². The molecule has 2 aromatic carbocycles. The molecule has 0 aliphatic carbocycles. The van der Waals surface area contributed by atoms with Crippen LogP contribution in [0.5, 0.6) is 0 Å². The molecule has 0 radical (unpaired) electrons. The van der Waals surface area contributed by atoms with Gasteiger partial charge in [0.2, 0.25) is 0 Å². The zero-order valence-electron chi connectivity index (χ0n) is 20.4. The minimum atomic E-state index is -4.53. The summed E-state index contributed by atoms with van der Waals surface area (Å²) in [5.74, 6) is -2.31. The highest BCUT2D eigenvalue weighted by atomic mass is 32.1. The summed E-state index contributed by atoms with van der Waals surface area (Å²) in [6, 6.07) is 10.5. The van der Waals surface area contributed by atoms with Gasteiger partial charge in [-0.2, -0.15) is 18.2 Å². The number of carboxylic acid groups (broad SMARTS) is 1. The van der Waals surface area contributed by atoms with Crippen LogP contribution in [0.3, 0.4) is 0 Å². The third-order valence-corrected chi connectivity index (χ3v) is 6.56. The van der Waals surface area contributed by atoms with Crippen LogP contribution in [0.25, 0.3) is 21.5 Å². The first kappa shape index (κ1) is 27.0. The monoisotopic (exact) mass is 546 g/mol. The van der Waals surface area contributed by atoms with Crippen LogP contribution in [0.1, 0.15) is 36.7 Å². The fraction of sp³-hybridized carbons (Fsp3) is 0.231. The maximum atomic E-state index is 14.9. The van der Waals surface area contributed by atoms with Gasteiger partial charge >= 0.3 is 12.1 Å². The van der Waals surface area contributed by atoms with Gasteiger partial charge in [0.05, 0.1) is 16.0 Å². The third kappa shape index (κ3) is 5.91. The van der Waals surface area contributed by atoms with Gasteiger partial charge in [0.1, 0.15) is 11.9 Å². The fourth-order valence-electron chi connectivity index (χ4n) is 3.62. The van der Waals surface area contributed by atoms with E-state index >= 15 is 0 Å². The van der Waals surface area contributed by atoms with Crippen molar-refractivity contribution in [1.82, 2.24) is 15.3 Å².